The van der Waals surface area contributed by atoms with Crippen molar-refractivity contribution in [2.24, 2.45) is 0 Å². The zero-order chi connectivity index (χ0) is 25.2. The molecular formula is C28H38N4O3. The third-order valence-corrected chi connectivity index (χ3v) is 7.13. The summed E-state index contributed by atoms with van der Waals surface area (Å²) in [5.41, 5.74) is 2.47. The summed E-state index contributed by atoms with van der Waals surface area (Å²) < 4.78 is 7.90. The second-order valence-corrected chi connectivity index (χ2v) is 10.9. The number of amides is 2. The molecule has 2 atom stereocenters. The van der Waals surface area contributed by atoms with Gasteiger partial charge in [-0.2, -0.15) is 5.26 Å². The van der Waals surface area contributed by atoms with Crippen LogP contribution in [0.4, 0.5) is 4.79 Å². The largest absolute Gasteiger partial charge is 0.444 e. The topological polar surface area (TPSA) is 78.6 Å². The number of nitrogens with zero attached hydrogens (tertiary/aromatic N) is 4. The van der Waals surface area contributed by atoms with E-state index in [2.05, 4.69) is 23.6 Å². The molecule has 2 fully saturated rings. The zero-order valence-electron chi connectivity index (χ0n) is 21.5. The fourth-order valence-corrected chi connectivity index (χ4v) is 5.57. The average molecular weight is 479 g/mol. The van der Waals surface area contributed by atoms with Crippen molar-refractivity contribution in [2.45, 2.75) is 96.9 Å². The van der Waals surface area contributed by atoms with E-state index in [0.29, 0.717) is 18.5 Å². The Balaban J connectivity index is 1.47. The molecule has 1 aromatic carbocycles. The van der Waals surface area contributed by atoms with Gasteiger partial charge in [0.1, 0.15) is 11.6 Å². The molecule has 0 bridgehead atoms. The summed E-state index contributed by atoms with van der Waals surface area (Å²) >= 11 is 0. The minimum atomic E-state index is -0.575. The van der Waals surface area contributed by atoms with E-state index in [9.17, 15) is 14.9 Å². The van der Waals surface area contributed by atoms with Crippen LogP contribution in [0.3, 0.4) is 0 Å². The Kier molecular flexibility index (Phi) is 7.39. The van der Waals surface area contributed by atoms with Crippen LogP contribution in [0.15, 0.2) is 24.3 Å². The third-order valence-electron chi connectivity index (χ3n) is 7.13. The molecule has 2 aromatic rings. The van der Waals surface area contributed by atoms with E-state index in [0.717, 1.165) is 62.5 Å². The van der Waals surface area contributed by atoms with Crippen LogP contribution in [0.2, 0.25) is 0 Å². The molecule has 0 spiro atoms. The molecular weight excluding hydrogens is 440 g/mol. The Morgan fingerprint density at radius 1 is 1.11 bits per heavy atom. The highest BCUT2D eigenvalue weighted by Gasteiger charge is 2.41. The minimum absolute atomic E-state index is 0.0728. The Bertz CT molecular complexity index is 1120. The second kappa shape index (κ2) is 10.3. The lowest BCUT2D eigenvalue weighted by Gasteiger charge is -2.32. The fraction of sp³-hybridized carbons (Fsp3) is 0.607. The van der Waals surface area contributed by atoms with Crippen molar-refractivity contribution >= 4 is 22.9 Å². The summed E-state index contributed by atoms with van der Waals surface area (Å²) in [5.74, 6) is 0.0728. The first-order valence-electron chi connectivity index (χ1n) is 13.0. The lowest BCUT2D eigenvalue weighted by molar-refractivity contribution is -0.136. The van der Waals surface area contributed by atoms with Crippen molar-refractivity contribution in [2.75, 3.05) is 13.1 Å². The van der Waals surface area contributed by atoms with Crippen LogP contribution in [-0.4, -0.2) is 57.1 Å². The van der Waals surface area contributed by atoms with Gasteiger partial charge >= 0.3 is 6.09 Å². The Labute approximate surface area is 208 Å². The summed E-state index contributed by atoms with van der Waals surface area (Å²) in [7, 11) is 0. The lowest BCUT2D eigenvalue weighted by atomic mass is 10.1. The standard InChI is InChI=1S/C28H38N4O3/c1-5-14-30-23(18-21-11-10-20(19-29)17-25(21)30)13-12-22-8-6-15-31(22)26(33)24-9-7-16-32(24)27(34)35-28(2,3)4/h10-11,17-18,22,24H,5-9,12-16H2,1-4H3/t22-,24+/m0/s1. The molecule has 0 radical (unpaired) electrons. The quantitative estimate of drug-likeness (QED) is 0.568. The van der Waals surface area contributed by atoms with Gasteiger partial charge < -0.3 is 14.2 Å². The van der Waals surface area contributed by atoms with E-state index in [1.165, 1.54) is 5.69 Å². The lowest BCUT2D eigenvalue weighted by Crippen LogP contribution is -2.50. The van der Waals surface area contributed by atoms with Crippen molar-refractivity contribution in [3.63, 3.8) is 0 Å². The summed E-state index contributed by atoms with van der Waals surface area (Å²) in [4.78, 5) is 29.9. The van der Waals surface area contributed by atoms with E-state index in [1.807, 2.05) is 43.9 Å². The van der Waals surface area contributed by atoms with Gasteiger partial charge in [-0.3, -0.25) is 9.69 Å². The monoisotopic (exact) mass is 478 g/mol. The highest BCUT2D eigenvalue weighted by molar-refractivity contribution is 5.87. The highest BCUT2D eigenvalue weighted by atomic mass is 16.6. The van der Waals surface area contributed by atoms with E-state index in [-0.39, 0.29) is 18.0 Å². The predicted octanol–water partition coefficient (Wildman–Crippen LogP) is 5.25. The number of likely N-dealkylation sites (tertiary alicyclic amines) is 2. The summed E-state index contributed by atoms with van der Waals surface area (Å²) in [6.45, 7) is 9.97. The fourth-order valence-electron chi connectivity index (χ4n) is 5.57. The van der Waals surface area contributed by atoms with Crippen molar-refractivity contribution in [3.8, 4) is 6.07 Å². The molecule has 2 saturated heterocycles. The average Bonchev–Trinajstić information content (AvgIpc) is 3.55. The molecule has 0 aliphatic carbocycles. The molecule has 0 saturated carbocycles. The number of ether oxygens (including phenoxy) is 1. The molecule has 7 nitrogen and oxygen atoms in total. The normalized spacial score (nSPS) is 20.4. The maximum absolute atomic E-state index is 13.6. The smallest absolute Gasteiger partial charge is 0.410 e. The summed E-state index contributed by atoms with van der Waals surface area (Å²) in [6.07, 6.45) is 5.94. The molecule has 188 valence electrons. The number of carbonyl (C=O) groups excluding carboxylic acids is 2. The number of carbonyl (C=O) groups is 2. The maximum Gasteiger partial charge on any atom is 0.410 e. The molecule has 2 aliphatic rings. The molecule has 1 aromatic heterocycles. The van der Waals surface area contributed by atoms with Crippen LogP contribution in [0, 0.1) is 11.3 Å². The van der Waals surface area contributed by atoms with Crippen LogP contribution in [0.5, 0.6) is 0 Å². The molecule has 4 rings (SSSR count). The third kappa shape index (κ3) is 5.47. The van der Waals surface area contributed by atoms with E-state index in [4.69, 9.17) is 4.74 Å². The van der Waals surface area contributed by atoms with Gasteiger partial charge in [-0.15, -0.1) is 0 Å². The highest BCUT2D eigenvalue weighted by Crippen LogP contribution is 2.29. The van der Waals surface area contributed by atoms with Crippen LogP contribution in [0.1, 0.15) is 77.5 Å². The second-order valence-electron chi connectivity index (χ2n) is 10.9. The Hall–Kier alpha value is -3.01. The first-order chi connectivity index (χ1) is 16.7. The van der Waals surface area contributed by atoms with Crippen LogP contribution in [0.25, 0.3) is 10.9 Å². The predicted molar refractivity (Wildman–Crippen MR) is 136 cm³/mol. The SMILES string of the molecule is CCCn1c(CC[C@@H]2CCCN2C(=O)[C@H]2CCCN2C(=O)OC(C)(C)C)cc2ccc(C#N)cc21. The van der Waals surface area contributed by atoms with Gasteiger partial charge in [0.25, 0.3) is 0 Å². The van der Waals surface area contributed by atoms with Gasteiger partial charge in [-0.25, -0.2) is 4.79 Å². The maximum atomic E-state index is 13.6. The number of aromatic nitrogens is 1. The van der Waals surface area contributed by atoms with Gasteiger partial charge in [-0.1, -0.05) is 13.0 Å². The van der Waals surface area contributed by atoms with E-state index >= 15 is 0 Å². The molecule has 2 aliphatic heterocycles. The van der Waals surface area contributed by atoms with Gasteiger partial charge in [0.15, 0.2) is 0 Å². The molecule has 0 unspecified atom stereocenters. The van der Waals surface area contributed by atoms with Crippen molar-refractivity contribution in [3.05, 3.63) is 35.5 Å². The number of aryl methyl sites for hydroxylation is 2. The molecule has 35 heavy (non-hydrogen) atoms. The van der Waals surface area contributed by atoms with Crippen LogP contribution >= 0.6 is 0 Å². The minimum Gasteiger partial charge on any atom is -0.444 e. The van der Waals surface area contributed by atoms with Gasteiger partial charge in [0.05, 0.1) is 11.6 Å². The molecule has 3 heterocycles. The number of nitriles is 1. The van der Waals surface area contributed by atoms with Crippen LogP contribution in [-0.2, 0) is 22.5 Å². The zero-order valence-corrected chi connectivity index (χ0v) is 21.5. The van der Waals surface area contributed by atoms with Crippen molar-refractivity contribution < 1.29 is 14.3 Å². The number of hydrogen-bond donors (Lipinski definition) is 0. The Morgan fingerprint density at radius 3 is 2.57 bits per heavy atom. The number of rotatable bonds is 6. The van der Waals surface area contributed by atoms with Gasteiger partial charge in [-0.05, 0) is 89.3 Å². The first kappa shape index (κ1) is 25.1. The van der Waals surface area contributed by atoms with Gasteiger partial charge in [0.2, 0.25) is 5.91 Å². The van der Waals surface area contributed by atoms with Crippen molar-refractivity contribution in [1.82, 2.24) is 14.4 Å². The van der Waals surface area contributed by atoms with E-state index in [1.54, 1.807) is 4.90 Å². The van der Waals surface area contributed by atoms with E-state index < -0.39 is 11.6 Å². The number of hydrogen-bond acceptors (Lipinski definition) is 4. The Morgan fingerprint density at radius 2 is 1.86 bits per heavy atom. The van der Waals surface area contributed by atoms with Crippen LogP contribution < -0.4 is 0 Å². The summed E-state index contributed by atoms with van der Waals surface area (Å²) in [5, 5.41) is 10.5. The molecule has 7 heteroatoms. The summed E-state index contributed by atoms with van der Waals surface area (Å²) in [6, 6.07) is 10.1. The van der Waals surface area contributed by atoms with Crippen molar-refractivity contribution in [1.29, 1.82) is 5.26 Å². The first-order valence-corrected chi connectivity index (χ1v) is 13.0. The molecule has 0 N–H and O–H groups in total. The van der Waals surface area contributed by atoms with Gasteiger partial charge in [0, 0.05) is 36.9 Å². The number of fused-ring (bicyclic) bond motifs is 1. The number of benzene rings is 1. The molecule has 2 amide bonds.